The smallest absolute Gasteiger partial charge is 0.242 e. The maximum atomic E-state index is 12.4. The van der Waals surface area contributed by atoms with Crippen LogP contribution in [0.4, 0.5) is 5.69 Å². The van der Waals surface area contributed by atoms with Crippen LogP contribution in [0.1, 0.15) is 24.0 Å². The van der Waals surface area contributed by atoms with Crippen molar-refractivity contribution in [2.75, 3.05) is 39.5 Å². The first kappa shape index (κ1) is 21.2. The highest BCUT2D eigenvalue weighted by atomic mass is 32.2. The van der Waals surface area contributed by atoms with Gasteiger partial charge in [-0.25, -0.2) is 12.7 Å². The summed E-state index contributed by atoms with van der Waals surface area (Å²) in [4.78, 5) is 25.6. The number of sulfonamides is 1. The molecule has 1 aromatic carbocycles. The number of aryl methyl sites for hydroxylation is 1. The Hall–Kier alpha value is -2.13. The summed E-state index contributed by atoms with van der Waals surface area (Å²) in [6.45, 7) is 3.66. The monoisotopic (exact) mass is 396 g/mol. The molecular formula is C18H28N4O4S. The third kappa shape index (κ3) is 5.43. The van der Waals surface area contributed by atoms with E-state index in [0.29, 0.717) is 5.69 Å². The molecule has 8 nitrogen and oxygen atoms in total. The van der Waals surface area contributed by atoms with Gasteiger partial charge in [-0.15, -0.1) is 0 Å². The van der Waals surface area contributed by atoms with Gasteiger partial charge in [0.15, 0.2) is 0 Å². The number of amides is 2. The average Bonchev–Trinajstić information content (AvgIpc) is 3.38. The van der Waals surface area contributed by atoms with E-state index in [1.54, 1.807) is 13.1 Å². The Kier molecular flexibility index (Phi) is 6.48. The fourth-order valence-corrected chi connectivity index (χ4v) is 3.49. The van der Waals surface area contributed by atoms with Crippen LogP contribution in [0.5, 0.6) is 0 Å². The minimum absolute atomic E-state index is 0.00404. The largest absolute Gasteiger partial charge is 0.376 e. The standard InChI is InChI=1S/C18H28N4O4S/c1-12-8-15(27(25,26)21(3)4)9-16(13(12)2)19-10-18(24)22(5)11-17(23)20-14-6-7-14/h8-9,14,19H,6-7,10-11H2,1-5H3,(H,20,23). The van der Waals surface area contributed by atoms with Crippen LogP contribution in [0.15, 0.2) is 17.0 Å². The van der Waals surface area contributed by atoms with Gasteiger partial charge >= 0.3 is 0 Å². The maximum Gasteiger partial charge on any atom is 0.242 e. The second-order valence-corrected chi connectivity index (χ2v) is 9.30. The summed E-state index contributed by atoms with van der Waals surface area (Å²) >= 11 is 0. The summed E-state index contributed by atoms with van der Waals surface area (Å²) in [6.07, 6.45) is 1.99. The van der Waals surface area contributed by atoms with Crippen LogP contribution in [0.2, 0.25) is 0 Å². The Morgan fingerprint density at radius 3 is 2.33 bits per heavy atom. The second-order valence-electron chi connectivity index (χ2n) is 7.15. The molecule has 0 unspecified atom stereocenters. The lowest BCUT2D eigenvalue weighted by Crippen LogP contribution is -2.41. The van der Waals surface area contributed by atoms with Crippen LogP contribution >= 0.6 is 0 Å². The fourth-order valence-electron chi connectivity index (χ4n) is 2.48. The lowest BCUT2D eigenvalue weighted by atomic mass is 10.1. The van der Waals surface area contributed by atoms with E-state index < -0.39 is 10.0 Å². The van der Waals surface area contributed by atoms with Gasteiger partial charge in [0.05, 0.1) is 18.0 Å². The van der Waals surface area contributed by atoms with Crippen molar-refractivity contribution in [2.24, 2.45) is 0 Å². The molecule has 9 heteroatoms. The molecule has 1 aliphatic rings. The van der Waals surface area contributed by atoms with Crippen LogP contribution in [-0.2, 0) is 19.6 Å². The Morgan fingerprint density at radius 1 is 1.15 bits per heavy atom. The summed E-state index contributed by atoms with van der Waals surface area (Å²) in [5.74, 6) is -0.418. The third-order valence-electron chi connectivity index (χ3n) is 4.60. The first-order valence-corrected chi connectivity index (χ1v) is 10.3. The Labute approximate surface area is 161 Å². The summed E-state index contributed by atoms with van der Waals surface area (Å²) in [5.41, 5.74) is 2.26. The van der Waals surface area contributed by atoms with Crippen LogP contribution in [0.3, 0.4) is 0 Å². The molecule has 0 radical (unpaired) electrons. The molecule has 0 bridgehead atoms. The molecular weight excluding hydrogens is 368 g/mol. The van der Waals surface area contributed by atoms with Gasteiger partial charge in [0.2, 0.25) is 21.8 Å². The predicted octanol–water partition coefficient (Wildman–Crippen LogP) is 0.703. The van der Waals surface area contributed by atoms with E-state index in [1.807, 2.05) is 13.8 Å². The number of likely N-dealkylation sites (N-methyl/N-ethyl adjacent to an activating group) is 1. The number of hydrogen-bond acceptors (Lipinski definition) is 5. The van der Waals surface area contributed by atoms with Crippen LogP contribution in [0, 0.1) is 13.8 Å². The van der Waals surface area contributed by atoms with Gasteiger partial charge in [0, 0.05) is 32.9 Å². The average molecular weight is 397 g/mol. The number of hydrogen-bond donors (Lipinski definition) is 2. The van der Waals surface area contributed by atoms with E-state index in [0.717, 1.165) is 28.3 Å². The molecule has 0 spiro atoms. The van der Waals surface area contributed by atoms with Gasteiger partial charge in [-0.3, -0.25) is 9.59 Å². The molecule has 2 rings (SSSR count). The van der Waals surface area contributed by atoms with Gasteiger partial charge in [0.25, 0.3) is 0 Å². The number of benzene rings is 1. The summed E-state index contributed by atoms with van der Waals surface area (Å²) in [6, 6.07) is 3.41. The molecule has 1 saturated carbocycles. The third-order valence-corrected chi connectivity index (χ3v) is 6.39. The Balaban J connectivity index is 2.04. The van der Waals surface area contributed by atoms with Crippen molar-refractivity contribution in [3.05, 3.63) is 23.3 Å². The van der Waals surface area contributed by atoms with Crippen LogP contribution in [-0.4, -0.2) is 69.7 Å². The van der Waals surface area contributed by atoms with E-state index >= 15 is 0 Å². The van der Waals surface area contributed by atoms with Gasteiger partial charge in [0.1, 0.15) is 0 Å². The van der Waals surface area contributed by atoms with Crippen molar-refractivity contribution in [2.45, 2.75) is 37.6 Å². The molecule has 0 heterocycles. The minimum atomic E-state index is -3.57. The topological polar surface area (TPSA) is 98.8 Å². The van der Waals surface area contributed by atoms with Crippen molar-refractivity contribution in [3.63, 3.8) is 0 Å². The zero-order valence-corrected chi connectivity index (χ0v) is 17.3. The number of carbonyl (C=O) groups excluding carboxylic acids is 2. The first-order valence-electron chi connectivity index (χ1n) is 8.83. The molecule has 27 heavy (non-hydrogen) atoms. The molecule has 1 aliphatic carbocycles. The van der Waals surface area contributed by atoms with Crippen molar-refractivity contribution in [1.29, 1.82) is 0 Å². The maximum absolute atomic E-state index is 12.4. The molecule has 0 saturated heterocycles. The Bertz CT molecular complexity index is 832. The highest BCUT2D eigenvalue weighted by Gasteiger charge is 2.24. The zero-order chi connectivity index (χ0) is 20.4. The number of nitrogens with one attached hydrogen (secondary N) is 2. The molecule has 1 aromatic rings. The number of rotatable bonds is 8. The fraction of sp³-hybridized carbons (Fsp3) is 0.556. The van der Waals surface area contributed by atoms with Gasteiger partial charge in [-0.2, -0.15) is 0 Å². The van der Waals surface area contributed by atoms with E-state index in [4.69, 9.17) is 0 Å². The quantitative estimate of drug-likeness (QED) is 0.674. The van der Waals surface area contributed by atoms with Gasteiger partial charge in [-0.05, 0) is 49.9 Å². The molecule has 2 N–H and O–H groups in total. The van der Waals surface area contributed by atoms with Gasteiger partial charge < -0.3 is 15.5 Å². The predicted molar refractivity (Wildman–Crippen MR) is 104 cm³/mol. The van der Waals surface area contributed by atoms with E-state index in [-0.39, 0.29) is 35.8 Å². The van der Waals surface area contributed by atoms with E-state index in [1.165, 1.54) is 25.1 Å². The SMILES string of the molecule is Cc1cc(S(=O)(=O)N(C)C)cc(NCC(=O)N(C)CC(=O)NC2CC2)c1C. The van der Waals surface area contributed by atoms with Crippen molar-refractivity contribution in [3.8, 4) is 0 Å². The van der Waals surface area contributed by atoms with Crippen LogP contribution < -0.4 is 10.6 Å². The zero-order valence-electron chi connectivity index (χ0n) is 16.5. The highest BCUT2D eigenvalue weighted by molar-refractivity contribution is 7.89. The number of carbonyl (C=O) groups is 2. The van der Waals surface area contributed by atoms with Crippen LogP contribution in [0.25, 0.3) is 0 Å². The Morgan fingerprint density at radius 2 is 1.78 bits per heavy atom. The minimum Gasteiger partial charge on any atom is -0.376 e. The molecule has 0 aromatic heterocycles. The lowest BCUT2D eigenvalue weighted by Gasteiger charge is -2.19. The van der Waals surface area contributed by atoms with Crippen molar-refractivity contribution in [1.82, 2.24) is 14.5 Å². The molecule has 0 atom stereocenters. The first-order chi connectivity index (χ1) is 12.5. The van der Waals surface area contributed by atoms with Crippen molar-refractivity contribution < 1.29 is 18.0 Å². The lowest BCUT2D eigenvalue weighted by molar-refractivity contribution is -0.133. The van der Waals surface area contributed by atoms with E-state index in [2.05, 4.69) is 10.6 Å². The van der Waals surface area contributed by atoms with Crippen molar-refractivity contribution >= 4 is 27.5 Å². The highest BCUT2D eigenvalue weighted by Crippen LogP contribution is 2.25. The second kappa shape index (κ2) is 8.26. The number of nitrogens with zero attached hydrogens (tertiary/aromatic N) is 2. The van der Waals surface area contributed by atoms with E-state index in [9.17, 15) is 18.0 Å². The molecule has 0 aliphatic heterocycles. The summed E-state index contributed by atoms with van der Waals surface area (Å²) in [7, 11) is 0.951. The molecule has 150 valence electrons. The summed E-state index contributed by atoms with van der Waals surface area (Å²) in [5, 5.41) is 5.85. The summed E-state index contributed by atoms with van der Waals surface area (Å²) < 4.78 is 25.9. The number of anilines is 1. The van der Waals surface area contributed by atoms with Gasteiger partial charge in [-0.1, -0.05) is 0 Å². The normalized spacial score (nSPS) is 14.1. The molecule has 2 amide bonds. The molecule has 1 fully saturated rings.